The van der Waals surface area contributed by atoms with E-state index in [2.05, 4.69) is 56.8 Å². The number of benzene rings is 2. The lowest BCUT2D eigenvalue weighted by Gasteiger charge is -2.19. The summed E-state index contributed by atoms with van der Waals surface area (Å²) in [6.07, 6.45) is 2.03. The average Bonchev–Trinajstić information content (AvgIpc) is 3.35. The summed E-state index contributed by atoms with van der Waals surface area (Å²) in [5, 5.41) is 7.98. The van der Waals surface area contributed by atoms with Gasteiger partial charge in [-0.2, -0.15) is 0 Å². The molecule has 2 aromatic carbocycles. The van der Waals surface area contributed by atoms with Crippen LogP contribution in [0.5, 0.6) is 0 Å². The Hall–Kier alpha value is -3.54. The van der Waals surface area contributed by atoms with Crippen molar-refractivity contribution in [1.29, 1.82) is 0 Å². The lowest BCUT2D eigenvalue weighted by atomic mass is 9.90. The molecule has 148 valence electrons. The SMILES string of the molecule is Cc1cc(C(=O)NC[C@H](c2ccc(N(C)C)cc2)c2c[nH]c3ccccc23)no1. The number of rotatable bonds is 6. The molecule has 2 heterocycles. The van der Waals surface area contributed by atoms with Crippen molar-refractivity contribution >= 4 is 22.5 Å². The molecule has 0 unspecified atom stereocenters. The van der Waals surface area contributed by atoms with Crippen LogP contribution in [0, 0.1) is 6.92 Å². The second-order valence-electron chi connectivity index (χ2n) is 7.36. The summed E-state index contributed by atoms with van der Waals surface area (Å²) in [7, 11) is 4.04. The topological polar surface area (TPSA) is 74.2 Å². The standard InChI is InChI=1S/C23H24N4O2/c1-15-12-22(26-29-15)23(28)25-13-19(16-8-10-17(11-9-16)27(2)3)20-14-24-21-7-5-4-6-18(20)21/h4-12,14,19,24H,13H2,1-3H3,(H,25,28)/t19-/m1/s1. The minimum absolute atomic E-state index is 0.000639. The van der Waals surface area contributed by atoms with Crippen LogP contribution in [0.25, 0.3) is 10.9 Å². The molecule has 2 aromatic heterocycles. The molecule has 6 heteroatoms. The highest BCUT2D eigenvalue weighted by atomic mass is 16.5. The van der Waals surface area contributed by atoms with Crippen molar-refractivity contribution in [3.8, 4) is 0 Å². The molecule has 4 rings (SSSR count). The highest BCUT2D eigenvalue weighted by Gasteiger charge is 2.20. The van der Waals surface area contributed by atoms with Crippen LogP contribution in [-0.4, -0.2) is 36.7 Å². The number of H-pyrrole nitrogens is 1. The lowest BCUT2D eigenvalue weighted by molar-refractivity contribution is 0.0943. The molecular formula is C23H24N4O2. The monoisotopic (exact) mass is 388 g/mol. The first-order chi connectivity index (χ1) is 14.0. The summed E-state index contributed by atoms with van der Waals surface area (Å²) < 4.78 is 5.02. The summed E-state index contributed by atoms with van der Waals surface area (Å²) in [4.78, 5) is 17.9. The van der Waals surface area contributed by atoms with Crippen LogP contribution in [0.4, 0.5) is 5.69 Å². The van der Waals surface area contributed by atoms with Gasteiger partial charge in [0.1, 0.15) is 5.76 Å². The van der Waals surface area contributed by atoms with E-state index < -0.39 is 0 Å². The van der Waals surface area contributed by atoms with Crippen molar-refractivity contribution in [2.75, 3.05) is 25.5 Å². The fourth-order valence-corrected chi connectivity index (χ4v) is 3.55. The number of carbonyl (C=O) groups is 1. The number of nitrogens with zero attached hydrogens (tertiary/aromatic N) is 2. The van der Waals surface area contributed by atoms with Gasteiger partial charge in [-0.3, -0.25) is 4.79 Å². The Labute approximate surface area is 169 Å². The molecule has 0 saturated carbocycles. The summed E-state index contributed by atoms with van der Waals surface area (Å²) in [6.45, 7) is 2.22. The van der Waals surface area contributed by atoms with Crippen LogP contribution >= 0.6 is 0 Å². The van der Waals surface area contributed by atoms with Gasteiger partial charge in [-0.05, 0) is 36.2 Å². The molecule has 0 aliphatic rings. The van der Waals surface area contributed by atoms with E-state index in [-0.39, 0.29) is 11.8 Å². The number of hydrogen-bond acceptors (Lipinski definition) is 4. The van der Waals surface area contributed by atoms with Crippen LogP contribution in [0.2, 0.25) is 0 Å². The van der Waals surface area contributed by atoms with Crippen molar-refractivity contribution in [2.24, 2.45) is 0 Å². The molecular weight excluding hydrogens is 364 g/mol. The van der Waals surface area contributed by atoms with E-state index in [4.69, 9.17) is 4.52 Å². The number of para-hydroxylation sites is 1. The van der Waals surface area contributed by atoms with Gasteiger partial charge in [0.2, 0.25) is 0 Å². The first-order valence-electron chi connectivity index (χ1n) is 9.58. The minimum Gasteiger partial charge on any atom is -0.378 e. The average molecular weight is 388 g/mol. The molecule has 0 spiro atoms. The predicted octanol–water partition coefficient (Wildman–Crippen LogP) is 4.09. The quantitative estimate of drug-likeness (QED) is 0.522. The Morgan fingerprint density at radius 3 is 2.62 bits per heavy atom. The lowest BCUT2D eigenvalue weighted by Crippen LogP contribution is -2.29. The molecule has 29 heavy (non-hydrogen) atoms. The van der Waals surface area contributed by atoms with E-state index in [1.807, 2.05) is 32.4 Å². The number of nitrogens with one attached hydrogen (secondary N) is 2. The zero-order valence-corrected chi connectivity index (χ0v) is 16.8. The van der Waals surface area contributed by atoms with Crippen LogP contribution in [0.1, 0.15) is 33.3 Å². The van der Waals surface area contributed by atoms with Crippen molar-refractivity contribution in [2.45, 2.75) is 12.8 Å². The number of amides is 1. The second kappa shape index (κ2) is 7.83. The third-order valence-corrected chi connectivity index (χ3v) is 5.14. The fraction of sp³-hybridized carbons (Fsp3) is 0.217. The van der Waals surface area contributed by atoms with E-state index in [0.29, 0.717) is 18.0 Å². The molecule has 6 nitrogen and oxygen atoms in total. The maximum atomic E-state index is 12.5. The van der Waals surface area contributed by atoms with E-state index in [0.717, 1.165) is 27.7 Å². The number of aromatic amines is 1. The number of hydrogen-bond donors (Lipinski definition) is 2. The van der Waals surface area contributed by atoms with Crippen molar-refractivity contribution < 1.29 is 9.32 Å². The van der Waals surface area contributed by atoms with Gasteiger partial charge in [0.05, 0.1) is 0 Å². The van der Waals surface area contributed by atoms with Crippen LogP contribution in [0.15, 0.2) is 65.3 Å². The van der Waals surface area contributed by atoms with Gasteiger partial charge in [0, 0.05) is 55.4 Å². The minimum atomic E-state index is -0.239. The summed E-state index contributed by atoms with van der Waals surface area (Å²) in [6, 6.07) is 18.3. The van der Waals surface area contributed by atoms with Gasteiger partial charge in [-0.15, -0.1) is 0 Å². The Bertz CT molecular complexity index is 1130. The highest BCUT2D eigenvalue weighted by molar-refractivity contribution is 5.92. The molecule has 0 bridgehead atoms. The Morgan fingerprint density at radius 1 is 1.17 bits per heavy atom. The smallest absolute Gasteiger partial charge is 0.273 e. The van der Waals surface area contributed by atoms with E-state index >= 15 is 0 Å². The Balaban J connectivity index is 1.66. The van der Waals surface area contributed by atoms with Gasteiger partial charge in [-0.25, -0.2) is 0 Å². The normalized spacial score (nSPS) is 12.1. The zero-order valence-electron chi connectivity index (χ0n) is 16.8. The van der Waals surface area contributed by atoms with Crippen molar-refractivity contribution in [3.63, 3.8) is 0 Å². The fourth-order valence-electron chi connectivity index (χ4n) is 3.55. The first kappa shape index (κ1) is 18.8. The van der Waals surface area contributed by atoms with E-state index in [1.165, 1.54) is 0 Å². The molecule has 1 amide bonds. The van der Waals surface area contributed by atoms with Gasteiger partial charge < -0.3 is 19.7 Å². The van der Waals surface area contributed by atoms with Crippen molar-refractivity contribution in [3.05, 3.63) is 83.4 Å². The highest BCUT2D eigenvalue weighted by Crippen LogP contribution is 2.31. The molecule has 0 fully saturated rings. The molecule has 2 N–H and O–H groups in total. The maximum absolute atomic E-state index is 12.5. The zero-order chi connectivity index (χ0) is 20.4. The van der Waals surface area contributed by atoms with Crippen molar-refractivity contribution in [1.82, 2.24) is 15.5 Å². The van der Waals surface area contributed by atoms with Crippen LogP contribution < -0.4 is 10.2 Å². The first-order valence-corrected chi connectivity index (χ1v) is 9.58. The third kappa shape index (κ3) is 3.87. The van der Waals surface area contributed by atoms with E-state index in [9.17, 15) is 4.79 Å². The second-order valence-corrected chi connectivity index (χ2v) is 7.36. The Morgan fingerprint density at radius 2 is 1.93 bits per heavy atom. The number of anilines is 1. The molecule has 0 aliphatic heterocycles. The third-order valence-electron chi connectivity index (χ3n) is 5.14. The van der Waals surface area contributed by atoms with Gasteiger partial charge in [0.25, 0.3) is 5.91 Å². The van der Waals surface area contributed by atoms with Crippen LogP contribution in [-0.2, 0) is 0 Å². The predicted molar refractivity (Wildman–Crippen MR) is 114 cm³/mol. The number of fused-ring (bicyclic) bond motifs is 1. The maximum Gasteiger partial charge on any atom is 0.273 e. The summed E-state index contributed by atoms with van der Waals surface area (Å²) in [5.41, 5.74) is 4.79. The number of carbonyl (C=O) groups excluding carboxylic acids is 1. The summed E-state index contributed by atoms with van der Waals surface area (Å²) in [5.74, 6) is 0.374. The molecule has 1 atom stereocenters. The van der Waals surface area contributed by atoms with Crippen LogP contribution in [0.3, 0.4) is 0 Å². The van der Waals surface area contributed by atoms with E-state index in [1.54, 1.807) is 13.0 Å². The molecule has 0 radical (unpaired) electrons. The number of aryl methyl sites for hydroxylation is 1. The summed E-state index contributed by atoms with van der Waals surface area (Å²) >= 11 is 0. The molecule has 4 aromatic rings. The van der Waals surface area contributed by atoms with Gasteiger partial charge in [-0.1, -0.05) is 35.5 Å². The molecule has 0 aliphatic carbocycles. The number of aromatic nitrogens is 2. The molecule has 0 saturated heterocycles. The Kier molecular flexibility index (Phi) is 5.08. The van der Waals surface area contributed by atoms with Gasteiger partial charge >= 0.3 is 0 Å². The largest absolute Gasteiger partial charge is 0.378 e. The van der Waals surface area contributed by atoms with Gasteiger partial charge in [0.15, 0.2) is 5.69 Å².